The molecule has 0 N–H and O–H groups in total. The van der Waals surface area contributed by atoms with E-state index in [1.165, 1.54) is 0 Å². The van der Waals surface area contributed by atoms with Gasteiger partial charge in [-0.1, -0.05) is 12.1 Å². The molecule has 5 rings (SSSR count). The first kappa shape index (κ1) is 19.0. The lowest BCUT2D eigenvalue weighted by atomic mass is 10.1. The average molecular weight is 411 g/mol. The van der Waals surface area contributed by atoms with Crippen LogP contribution in [0.2, 0.25) is 0 Å². The zero-order chi connectivity index (χ0) is 21.4. The second-order valence-electron chi connectivity index (χ2n) is 7.31. The molecule has 1 aliphatic rings. The smallest absolute Gasteiger partial charge is 0.223 e. The van der Waals surface area contributed by atoms with Crippen molar-refractivity contribution >= 4 is 34.0 Å². The van der Waals surface area contributed by atoms with E-state index in [4.69, 9.17) is 14.7 Å². The van der Waals surface area contributed by atoms with Crippen LogP contribution in [0.4, 0.5) is 17.2 Å². The van der Waals surface area contributed by atoms with Crippen LogP contribution in [0.25, 0.3) is 22.3 Å². The third-order valence-corrected chi connectivity index (χ3v) is 5.45. The minimum Gasteiger partial charge on any atom is -0.497 e. The molecule has 31 heavy (non-hydrogen) atoms. The van der Waals surface area contributed by atoms with Crippen LogP contribution in [-0.4, -0.2) is 41.1 Å². The quantitative estimate of drug-likeness (QED) is 0.503. The number of hydrogen-bond acceptors (Lipinski definition) is 6. The number of carbonyl (C=O) groups is 1. The lowest BCUT2D eigenvalue weighted by Gasteiger charge is -2.37. The van der Waals surface area contributed by atoms with Crippen molar-refractivity contribution in [3.8, 4) is 17.1 Å². The van der Waals surface area contributed by atoms with Gasteiger partial charge in [0.2, 0.25) is 5.91 Å². The summed E-state index contributed by atoms with van der Waals surface area (Å²) in [5.41, 5.74) is 3.47. The second-order valence-corrected chi connectivity index (χ2v) is 7.31. The molecule has 0 saturated carbocycles. The van der Waals surface area contributed by atoms with Gasteiger partial charge in [-0.25, -0.2) is 9.97 Å². The summed E-state index contributed by atoms with van der Waals surface area (Å²) < 4.78 is 5.46. The van der Waals surface area contributed by atoms with Crippen molar-refractivity contribution in [2.45, 2.75) is 6.92 Å². The Bertz CT molecular complexity index is 1280. The topological polar surface area (TPSA) is 71.5 Å². The summed E-state index contributed by atoms with van der Waals surface area (Å²) in [6.45, 7) is 2.79. The average Bonchev–Trinajstić information content (AvgIpc) is 2.82. The normalized spacial score (nSPS) is 13.2. The van der Waals surface area contributed by atoms with E-state index in [9.17, 15) is 4.79 Å². The van der Waals surface area contributed by atoms with Crippen LogP contribution in [0.3, 0.4) is 0 Å². The number of hydrogen-bond donors (Lipinski definition) is 0. The number of benzene rings is 2. The van der Waals surface area contributed by atoms with Gasteiger partial charge in [-0.2, -0.15) is 0 Å². The molecule has 1 amide bonds. The summed E-state index contributed by atoms with van der Waals surface area (Å²) >= 11 is 0. The van der Waals surface area contributed by atoms with Gasteiger partial charge in [0, 0.05) is 43.4 Å². The van der Waals surface area contributed by atoms with Gasteiger partial charge < -0.3 is 14.5 Å². The van der Waals surface area contributed by atoms with Crippen molar-refractivity contribution in [1.29, 1.82) is 0 Å². The first-order valence-corrected chi connectivity index (χ1v) is 10.1. The number of nitrogens with zero attached hydrogens (tertiary/aromatic N) is 5. The highest BCUT2D eigenvalue weighted by molar-refractivity contribution is 6.00. The Morgan fingerprint density at radius 1 is 1.00 bits per heavy atom. The summed E-state index contributed by atoms with van der Waals surface area (Å²) in [6.07, 6.45) is 3.49. The van der Waals surface area contributed by atoms with Crippen LogP contribution in [0.1, 0.15) is 6.92 Å². The number of aromatic nitrogens is 3. The van der Waals surface area contributed by atoms with E-state index in [0.717, 1.165) is 39.4 Å². The molecule has 2 aromatic heterocycles. The zero-order valence-electron chi connectivity index (χ0n) is 17.3. The van der Waals surface area contributed by atoms with Gasteiger partial charge >= 0.3 is 0 Å². The lowest BCUT2D eigenvalue weighted by Crippen LogP contribution is -2.41. The predicted octanol–water partition coefficient (Wildman–Crippen LogP) is 4.21. The minimum atomic E-state index is 0.0253. The molecule has 0 fully saturated rings. The second kappa shape index (κ2) is 7.68. The predicted molar refractivity (Wildman–Crippen MR) is 121 cm³/mol. The van der Waals surface area contributed by atoms with E-state index in [1.54, 1.807) is 31.3 Å². The summed E-state index contributed by atoms with van der Waals surface area (Å²) in [5, 5.41) is 0.887. The van der Waals surface area contributed by atoms with E-state index in [0.29, 0.717) is 18.9 Å². The first-order chi connectivity index (χ1) is 15.2. The number of carbonyl (C=O) groups excluding carboxylic acids is 1. The number of rotatable bonds is 3. The number of methoxy groups -OCH3 is 1. The number of ether oxygens (including phenoxy) is 1. The Morgan fingerprint density at radius 3 is 2.58 bits per heavy atom. The molecule has 7 nitrogen and oxygen atoms in total. The summed E-state index contributed by atoms with van der Waals surface area (Å²) in [7, 11) is 1.65. The molecule has 0 saturated heterocycles. The lowest BCUT2D eigenvalue weighted by molar-refractivity contribution is -0.116. The SMILES string of the molecule is COc1ccc2nc(-c3cccnc3)nc(N3CCN(C(C)=O)c4ccccc43)c2c1. The molecular formula is C24H21N5O2. The fourth-order valence-electron chi connectivity index (χ4n) is 3.96. The van der Waals surface area contributed by atoms with Crippen molar-refractivity contribution in [2.24, 2.45) is 0 Å². The van der Waals surface area contributed by atoms with Gasteiger partial charge in [0.15, 0.2) is 5.82 Å². The molecule has 3 heterocycles. The third kappa shape index (κ3) is 3.34. The summed E-state index contributed by atoms with van der Waals surface area (Å²) in [4.78, 5) is 30.1. The van der Waals surface area contributed by atoms with Gasteiger partial charge in [0.05, 0.1) is 24.0 Å². The summed E-state index contributed by atoms with van der Waals surface area (Å²) in [6, 6.07) is 17.5. The molecule has 0 atom stereocenters. The largest absolute Gasteiger partial charge is 0.497 e. The Balaban J connectivity index is 1.75. The maximum Gasteiger partial charge on any atom is 0.223 e. The molecule has 0 radical (unpaired) electrons. The molecule has 0 aliphatic carbocycles. The first-order valence-electron chi connectivity index (χ1n) is 10.1. The summed E-state index contributed by atoms with van der Waals surface area (Å²) in [5.74, 6) is 2.14. The molecule has 0 unspecified atom stereocenters. The van der Waals surface area contributed by atoms with Crippen LogP contribution in [0.15, 0.2) is 67.0 Å². The highest BCUT2D eigenvalue weighted by atomic mass is 16.5. The maximum absolute atomic E-state index is 12.2. The molecule has 4 aromatic rings. The van der Waals surface area contributed by atoms with E-state index >= 15 is 0 Å². The van der Waals surface area contributed by atoms with Crippen molar-refractivity contribution in [1.82, 2.24) is 15.0 Å². The van der Waals surface area contributed by atoms with Crippen molar-refractivity contribution in [2.75, 3.05) is 30.0 Å². The van der Waals surface area contributed by atoms with Crippen molar-refractivity contribution in [3.05, 3.63) is 67.0 Å². The van der Waals surface area contributed by atoms with Crippen LogP contribution in [0, 0.1) is 0 Å². The molecule has 0 bridgehead atoms. The van der Waals surface area contributed by atoms with Crippen molar-refractivity contribution in [3.63, 3.8) is 0 Å². The fourth-order valence-corrected chi connectivity index (χ4v) is 3.96. The number of amides is 1. The van der Waals surface area contributed by atoms with E-state index in [1.807, 2.05) is 54.6 Å². The maximum atomic E-state index is 12.2. The van der Waals surface area contributed by atoms with E-state index in [2.05, 4.69) is 9.88 Å². The number of pyridine rings is 1. The van der Waals surface area contributed by atoms with Crippen LogP contribution in [0.5, 0.6) is 5.75 Å². The van der Waals surface area contributed by atoms with Gasteiger partial charge in [0.1, 0.15) is 11.6 Å². The van der Waals surface area contributed by atoms with Crippen LogP contribution in [-0.2, 0) is 4.79 Å². The highest BCUT2D eigenvalue weighted by Gasteiger charge is 2.28. The van der Waals surface area contributed by atoms with Gasteiger partial charge in [0.25, 0.3) is 0 Å². The minimum absolute atomic E-state index is 0.0253. The molecule has 7 heteroatoms. The Morgan fingerprint density at radius 2 is 1.84 bits per heavy atom. The highest BCUT2D eigenvalue weighted by Crippen LogP contribution is 2.40. The van der Waals surface area contributed by atoms with Gasteiger partial charge in [-0.05, 0) is 42.5 Å². The number of fused-ring (bicyclic) bond motifs is 2. The number of para-hydroxylation sites is 2. The van der Waals surface area contributed by atoms with Crippen molar-refractivity contribution < 1.29 is 9.53 Å². The molecular weight excluding hydrogens is 390 g/mol. The zero-order valence-corrected chi connectivity index (χ0v) is 17.3. The van der Waals surface area contributed by atoms with E-state index in [-0.39, 0.29) is 5.91 Å². The van der Waals surface area contributed by atoms with E-state index < -0.39 is 0 Å². The van der Waals surface area contributed by atoms with Gasteiger partial charge in [-0.3, -0.25) is 9.78 Å². The van der Waals surface area contributed by atoms with Gasteiger partial charge in [-0.15, -0.1) is 0 Å². The number of anilines is 3. The van der Waals surface area contributed by atoms with Crippen LogP contribution < -0.4 is 14.5 Å². The standard InChI is InChI=1S/C24H21N5O2/c1-16(30)28-12-13-29(22-8-4-3-7-21(22)28)24-19-14-18(31-2)9-10-20(19)26-23(27-24)17-6-5-11-25-15-17/h3-11,14-15H,12-13H2,1-2H3. The Labute approximate surface area is 179 Å². The van der Waals surface area contributed by atoms with Crippen LogP contribution >= 0.6 is 0 Å². The Kier molecular flexibility index (Phi) is 4.71. The fraction of sp³-hybridized carbons (Fsp3) is 0.167. The third-order valence-electron chi connectivity index (χ3n) is 5.45. The molecule has 1 aliphatic heterocycles. The monoisotopic (exact) mass is 411 g/mol. The molecule has 0 spiro atoms. The molecule has 2 aromatic carbocycles. The Hall–Kier alpha value is -4.00. The molecule has 154 valence electrons.